The van der Waals surface area contributed by atoms with Gasteiger partial charge in [-0.25, -0.2) is 4.98 Å². The summed E-state index contributed by atoms with van der Waals surface area (Å²) in [7, 11) is 0. The monoisotopic (exact) mass is 222 g/mol. The SMILES string of the molecule is Nc1nc(N2CCCC2)nc2c1CSC2. The van der Waals surface area contributed by atoms with Gasteiger partial charge in [-0.3, -0.25) is 0 Å². The van der Waals surface area contributed by atoms with E-state index in [1.807, 2.05) is 11.8 Å². The summed E-state index contributed by atoms with van der Waals surface area (Å²) in [6, 6.07) is 0. The molecule has 1 aromatic heterocycles. The Morgan fingerprint density at radius 3 is 2.73 bits per heavy atom. The van der Waals surface area contributed by atoms with Crippen LogP contribution in [0.5, 0.6) is 0 Å². The first-order valence-electron chi connectivity index (χ1n) is 5.32. The van der Waals surface area contributed by atoms with E-state index in [9.17, 15) is 0 Å². The van der Waals surface area contributed by atoms with E-state index in [2.05, 4.69) is 14.9 Å². The zero-order valence-corrected chi connectivity index (χ0v) is 9.39. The fraction of sp³-hybridized carbons (Fsp3) is 0.600. The molecule has 15 heavy (non-hydrogen) atoms. The molecule has 3 rings (SSSR count). The molecule has 80 valence electrons. The van der Waals surface area contributed by atoms with Gasteiger partial charge in [0.15, 0.2) is 0 Å². The highest BCUT2D eigenvalue weighted by atomic mass is 32.2. The number of thioether (sulfide) groups is 1. The third-order valence-electron chi connectivity index (χ3n) is 2.99. The van der Waals surface area contributed by atoms with Gasteiger partial charge in [-0.15, -0.1) is 0 Å². The van der Waals surface area contributed by atoms with Crippen LogP contribution in [0.15, 0.2) is 0 Å². The van der Waals surface area contributed by atoms with Crippen molar-refractivity contribution >= 4 is 23.5 Å². The number of nitrogen functional groups attached to an aromatic ring is 1. The van der Waals surface area contributed by atoms with Crippen molar-refractivity contribution in [1.82, 2.24) is 9.97 Å². The van der Waals surface area contributed by atoms with E-state index in [1.54, 1.807) is 0 Å². The predicted molar refractivity (Wildman–Crippen MR) is 62.9 cm³/mol. The molecule has 5 heteroatoms. The second-order valence-corrected chi connectivity index (χ2v) is 5.01. The van der Waals surface area contributed by atoms with Crippen LogP contribution in [0.25, 0.3) is 0 Å². The van der Waals surface area contributed by atoms with Gasteiger partial charge in [0.05, 0.1) is 5.69 Å². The molecule has 2 aliphatic rings. The highest BCUT2D eigenvalue weighted by molar-refractivity contribution is 7.98. The van der Waals surface area contributed by atoms with Crippen LogP contribution in [0.1, 0.15) is 24.1 Å². The molecule has 1 aromatic rings. The molecule has 2 aliphatic heterocycles. The average molecular weight is 222 g/mol. The number of anilines is 2. The zero-order chi connectivity index (χ0) is 10.3. The van der Waals surface area contributed by atoms with E-state index < -0.39 is 0 Å². The lowest BCUT2D eigenvalue weighted by atomic mass is 10.2. The van der Waals surface area contributed by atoms with Crippen molar-refractivity contribution in [3.8, 4) is 0 Å². The molecule has 0 amide bonds. The van der Waals surface area contributed by atoms with Crippen molar-refractivity contribution in [2.75, 3.05) is 23.7 Å². The molecule has 1 saturated heterocycles. The van der Waals surface area contributed by atoms with Crippen LogP contribution in [-0.4, -0.2) is 23.1 Å². The van der Waals surface area contributed by atoms with Gasteiger partial charge in [-0.2, -0.15) is 16.7 Å². The quantitative estimate of drug-likeness (QED) is 0.778. The minimum Gasteiger partial charge on any atom is -0.383 e. The number of nitrogens with two attached hydrogens (primary N) is 1. The number of nitrogens with zero attached hydrogens (tertiary/aromatic N) is 3. The van der Waals surface area contributed by atoms with Gasteiger partial charge in [0, 0.05) is 30.2 Å². The van der Waals surface area contributed by atoms with E-state index in [1.165, 1.54) is 12.8 Å². The largest absolute Gasteiger partial charge is 0.383 e. The molecule has 0 saturated carbocycles. The normalized spacial score (nSPS) is 19.6. The Morgan fingerprint density at radius 1 is 1.13 bits per heavy atom. The van der Waals surface area contributed by atoms with E-state index in [0.717, 1.165) is 41.8 Å². The maximum absolute atomic E-state index is 5.95. The lowest BCUT2D eigenvalue weighted by Crippen LogP contribution is -2.21. The zero-order valence-electron chi connectivity index (χ0n) is 8.57. The van der Waals surface area contributed by atoms with Gasteiger partial charge < -0.3 is 10.6 Å². The number of hydrogen-bond acceptors (Lipinski definition) is 5. The van der Waals surface area contributed by atoms with Crippen molar-refractivity contribution in [1.29, 1.82) is 0 Å². The van der Waals surface area contributed by atoms with Crippen molar-refractivity contribution in [3.05, 3.63) is 11.3 Å². The third-order valence-corrected chi connectivity index (χ3v) is 3.96. The Hall–Kier alpha value is -0.970. The van der Waals surface area contributed by atoms with Gasteiger partial charge >= 0.3 is 0 Å². The van der Waals surface area contributed by atoms with Gasteiger partial charge in [-0.05, 0) is 12.8 Å². The van der Waals surface area contributed by atoms with Crippen LogP contribution in [0, 0.1) is 0 Å². The lowest BCUT2D eigenvalue weighted by Gasteiger charge is -2.16. The first-order valence-corrected chi connectivity index (χ1v) is 6.48. The molecular weight excluding hydrogens is 208 g/mol. The van der Waals surface area contributed by atoms with Crippen LogP contribution in [0.3, 0.4) is 0 Å². The van der Waals surface area contributed by atoms with Crippen LogP contribution < -0.4 is 10.6 Å². The Labute approximate surface area is 93.3 Å². The highest BCUT2D eigenvalue weighted by Crippen LogP contribution is 2.33. The number of rotatable bonds is 1. The van der Waals surface area contributed by atoms with Gasteiger partial charge in [0.1, 0.15) is 5.82 Å². The second-order valence-electron chi connectivity index (χ2n) is 4.02. The first kappa shape index (κ1) is 9.27. The maximum Gasteiger partial charge on any atom is 0.227 e. The summed E-state index contributed by atoms with van der Waals surface area (Å²) in [5, 5.41) is 0. The minimum atomic E-state index is 0.687. The fourth-order valence-electron chi connectivity index (χ4n) is 2.12. The van der Waals surface area contributed by atoms with Crippen LogP contribution in [-0.2, 0) is 11.5 Å². The van der Waals surface area contributed by atoms with Crippen molar-refractivity contribution in [2.24, 2.45) is 0 Å². The Bertz CT molecular complexity index is 387. The van der Waals surface area contributed by atoms with Crippen LogP contribution >= 0.6 is 11.8 Å². The van der Waals surface area contributed by atoms with E-state index in [-0.39, 0.29) is 0 Å². The van der Waals surface area contributed by atoms with E-state index in [0.29, 0.717) is 5.82 Å². The standard InChI is InChI=1S/C10H14N4S/c11-9-7-5-15-6-8(7)12-10(13-9)14-3-1-2-4-14/h1-6H2,(H2,11,12,13). The molecule has 0 radical (unpaired) electrons. The van der Waals surface area contributed by atoms with Gasteiger partial charge in [-0.1, -0.05) is 0 Å². The maximum atomic E-state index is 5.95. The van der Waals surface area contributed by atoms with Gasteiger partial charge in [0.25, 0.3) is 0 Å². The van der Waals surface area contributed by atoms with E-state index in [4.69, 9.17) is 5.73 Å². The summed E-state index contributed by atoms with van der Waals surface area (Å²) in [4.78, 5) is 11.3. The lowest BCUT2D eigenvalue weighted by molar-refractivity contribution is 0.886. The second kappa shape index (κ2) is 3.56. The van der Waals surface area contributed by atoms with Crippen molar-refractivity contribution in [3.63, 3.8) is 0 Å². The Morgan fingerprint density at radius 2 is 1.93 bits per heavy atom. The molecule has 0 unspecified atom stereocenters. The molecule has 4 nitrogen and oxygen atoms in total. The first-order chi connectivity index (χ1) is 7.34. The average Bonchev–Trinajstić information content (AvgIpc) is 2.88. The third kappa shape index (κ3) is 1.55. The summed E-state index contributed by atoms with van der Waals surface area (Å²) in [6.07, 6.45) is 2.49. The molecule has 2 N–H and O–H groups in total. The topological polar surface area (TPSA) is 55.0 Å². The summed E-state index contributed by atoms with van der Waals surface area (Å²) in [5.74, 6) is 3.49. The van der Waals surface area contributed by atoms with Crippen molar-refractivity contribution in [2.45, 2.75) is 24.3 Å². The fourth-order valence-corrected chi connectivity index (χ4v) is 3.17. The van der Waals surface area contributed by atoms with Crippen molar-refractivity contribution < 1.29 is 0 Å². The van der Waals surface area contributed by atoms with Crippen LogP contribution in [0.4, 0.5) is 11.8 Å². The van der Waals surface area contributed by atoms with Crippen LogP contribution in [0.2, 0.25) is 0 Å². The Balaban J connectivity index is 1.99. The number of aromatic nitrogens is 2. The minimum absolute atomic E-state index is 0.687. The molecule has 0 spiro atoms. The molecule has 0 atom stereocenters. The summed E-state index contributed by atoms with van der Waals surface area (Å²) in [5.41, 5.74) is 8.25. The molecule has 0 bridgehead atoms. The predicted octanol–water partition coefficient (Wildman–Crippen LogP) is 1.41. The number of hydrogen-bond donors (Lipinski definition) is 1. The molecule has 3 heterocycles. The Kier molecular flexibility index (Phi) is 2.20. The molecule has 1 fully saturated rings. The summed E-state index contributed by atoms with van der Waals surface area (Å²) < 4.78 is 0. The summed E-state index contributed by atoms with van der Waals surface area (Å²) >= 11 is 1.87. The molecule has 0 aromatic carbocycles. The summed E-state index contributed by atoms with van der Waals surface area (Å²) in [6.45, 7) is 2.15. The molecular formula is C10H14N4S. The smallest absolute Gasteiger partial charge is 0.227 e. The van der Waals surface area contributed by atoms with E-state index >= 15 is 0 Å². The highest BCUT2D eigenvalue weighted by Gasteiger charge is 2.21. The number of fused-ring (bicyclic) bond motifs is 1. The molecule has 0 aliphatic carbocycles. The van der Waals surface area contributed by atoms with Gasteiger partial charge in [0.2, 0.25) is 5.95 Å².